The number of alkyl halides is 3. The van der Waals surface area contributed by atoms with E-state index in [1.165, 1.54) is 18.3 Å². The van der Waals surface area contributed by atoms with E-state index in [1.54, 1.807) is 0 Å². The molecule has 2 aromatic rings. The Morgan fingerprint density at radius 2 is 1.85 bits per heavy atom. The summed E-state index contributed by atoms with van der Waals surface area (Å²) in [5, 5.41) is 6.40. The zero-order valence-corrected chi connectivity index (χ0v) is 15.0. The molecule has 0 saturated heterocycles. The summed E-state index contributed by atoms with van der Waals surface area (Å²) in [6.45, 7) is -0.210. The molecule has 4 nitrogen and oxygen atoms in total. The number of carbonyl (C=O) groups is 1. The topological polar surface area (TPSA) is 53.5 Å². The molecule has 1 amide bonds. The van der Waals surface area contributed by atoms with Crippen molar-refractivity contribution in [2.45, 2.75) is 6.18 Å². The number of carbonyl (C=O) groups excluding carboxylic acids is 1. The molecule has 0 radical (unpaired) electrons. The van der Waals surface area contributed by atoms with Crippen molar-refractivity contribution in [1.29, 1.82) is 0 Å². The van der Waals surface area contributed by atoms with Crippen LogP contribution in [0.1, 0.15) is 11.1 Å². The maximum Gasteiger partial charge on any atom is 0.416 e. The van der Waals surface area contributed by atoms with Crippen LogP contribution in [0.5, 0.6) is 0 Å². The van der Waals surface area contributed by atoms with Gasteiger partial charge in [-0.1, -0.05) is 36.4 Å². The van der Waals surface area contributed by atoms with E-state index < -0.39 is 17.6 Å². The van der Waals surface area contributed by atoms with Gasteiger partial charge in [0.1, 0.15) is 0 Å². The second-order valence-corrected chi connectivity index (χ2v) is 6.08. The minimum atomic E-state index is -4.43. The van der Waals surface area contributed by atoms with E-state index >= 15 is 0 Å². The smallest absolute Gasteiger partial charge is 0.376 e. The summed E-state index contributed by atoms with van der Waals surface area (Å²) in [6, 6.07) is 14.1. The summed E-state index contributed by atoms with van der Waals surface area (Å²) in [5.74, 6) is -0.487. The van der Waals surface area contributed by atoms with E-state index in [4.69, 9.17) is 0 Å². The summed E-state index contributed by atoms with van der Waals surface area (Å²) >= 11 is 3.31. The Morgan fingerprint density at radius 3 is 2.54 bits per heavy atom. The van der Waals surface area contributed by atoms with Crippen molar-refractivity contribution >= 4 is 39.8 Å². The number of amides is 1. The van der Waals surface area contributed by atoms with Gasteiger partial charge in [0.25, 0.3) is 5.91 Å². The van der Waals surface area contributed by atoms with Gasteiger partial charge < -0.3 is 5.32 Å². The molecule has 0 atom stereocenters. The van der Waals surface area contributed by atoms with E-state index in [2.05, 4.69) is 31.8 Å². The number of halogens is 4. The van der Waals surface area contributed by atoms with Crippen molar-refractivity contribution < 1.29 is 18.0 Å². The lowest BCUT2D eigenvalue weighted by molar-refractivity contribution is -0.137. The van der Waals surface area contributed by atoms with Gasteiger partial charge in [-0.3, -0.25) is 4.79 Å². The predicted molar refractivity (Wildman–Crippen MR) is 99.9 cm³/mol. The van der Waals surface area contributed by atoms with Crippen molar-refractivity contribution in [1.82, 2.24) is 5.43 Å². The Kier molecular flexibility index (Phi) is 6.97. The number of allylic oxidation sites excluding steroid dienone is 1. The largest absolute Gasteiger partial charge is 0.416 e. The fourth-order valence-corrected chi connectivity index (χ4v) is 2.31. The molecule has 0 aromatic heterocycles. The molecule has 26 heavy (non-hydrogen) atoms. The summed E-state index contributed by atoms with van der Waals surface area (Å²) in [4.78, 5) is 11.7. The second-order valence-electron chi connectivity index (χ2n) is 5.17. The number of hydrogen-bond acceptors (Lipinski definition) is 3. The standard InChI is InChI=1S/C18H15BrF3N3O/c19-15(9-13-5-2-1-3-6-13)11-24-25-17(26)12-23-16-8-4-7-14(10-16)18(20,21)22/h1-11,23H,12H2,(H,25,26). The highest BCUT2D eigenvalue weighted by atomic mass is 79.9. The Hall–Kier alpha value is -2.61. The maximum absolute atomic E-state index is 12.6. The summed E-state index contributed by atoms with van der Waals surface area (Å²) in [7, 11) is 0. The van der Waals surface area contributed by atoms with Crippen LogP contribution in [0.2, 0.25) is 0 Å². The summed E-state index contributed by atoms with van der Waals surface area (Å²) in [6.07, 6.45) is -1.20. The molecule has 2 aromatic carbocycles. The first-order valence-electron chi connectivity index (χ1n) is 7.50. The van der Waals surface area contributed by atoms with Gasteiger partial charge in [-0.2, -0.15) is 18.3 Å². The van der Waals surface area contributed by atoms with Crippen LogP contribution in [-0.2, 0) is 11.0 Å². The van der Waals surface area contributed by atoms with E-state index in [9.17, 15) is 18.0 Å². The van der Waals surface area contributed by atoms with Crippen LogP contribution in [0.3, 0.4) is 0 Å². The van der Waals surface area contributed by atoms with Crippen molar-refractivity contribution in [2.24, 2.45) is 5.10 Å². The van der Waals surface area contributed by atoms with Crippen LogP contribution in [-0.4, -0.2) is 18.7 Å². The number of rotatable bonds is 6. The molecule has 0 saturated carbocycles. The van der Waals surface area contributed by atoms with Crippen LogP contribution in [0.25, 0.3) is 6.08 Å². The molecule has 0 bridgehead atoms. The molecule has 0 aliphatic heterocycles. The molecular weight excluding hydrogens is 411 g/mol. The van der Waals surface area contributed by atoms with Gasteiger partial charge in [-0.05, 0) is 45.8 Å². The first-order valence-corrected chi connectivity index (χ1v) is 8.29. The quantitative estimate of drug-likeness (QED) is 0.522. The SMILES string of the molecule is O=C(CNc1cccc(C(F)(F)F)c1)NN=CC(Br)=Cc1ccccc1. The Balaban J connectivity index is 1.83. The number of anilines is 1. The molecule has 0 aliphatic carbocycles. The van der Waals surface area contributed by atoms with Crippen LogP contribution in [0.4, 0.5) is 18.9 Å². The van der Waals surface area contributed by atoms with Crippen LogP contribution in [0.15, 0.2) is 64.2 Å². The van der Waals surface area contributed by atoms with Gasteiger partial charge in [0, 0.05) is 10.2 Å². The van der Waals surface area contributed by atoms with E-state index in [-0.39, 0.29) is 12.2 Å². The van der Waals surface area contributed by atoms with Crippen LogP contribution in [0, 0.1) is 0 Å². The zero-order valence-electron chi connectivity index (χ0n) is 13.4. The molecule has 0 heterocycles. The fourth-order valence-electron chi connectivity index (χ4n) is 1.94. The molecule has 2 N–H and O–H groups in total. The molecule has 0 unspecified atom stereocenters. The summed E-state index contributed by atoms with van der Waals surface area (Å²) < 4.78 is 38.5. The fraction of sp³-hybridized carbons (Fsp3) is 0.111. The van der Waals surface area contributed by atoms with Gasteiger partial charge in [0.2, 0.25) is 0 Å². The minimum absolute atomic E-state index is 0.198. The lowest BCUT2D eigenvalue weighted by Gasteiger charge is -2.09. The van der Waals surface area contributed by atoms with Gasteiger partial charge in [-0.25, -0.2) is 5.43 Å². The second kappa shape index (κ2) is 9.19. The Labute approximate surface area is 156 Å². The van der Waals surface area contributed by atoms with E-state index in [0.29, 0.717) is 4.48 Å². The summed E-state index contributed by atoms with van der Waals surface area (Å²) in [5.41, 5.74) is 2.67. The Morgan fingerprint density at radius 1 is 1.12 bits per heavy atom. The predicted octanol–water partition coefficient (Wildman–Crippen LogP) is 4.66. The minimum Gasteiger partial charge on any atom is -0.376 e. The van der Waals surface area contributed by atoms with Crippen molar-refractivity contribution in [3.05, 3.63) is 70.2 Å². The van der Waals surface area contributed by atoms with Gasteiger partial charge in [0.05, 0.1) is 18.3 Å². The number of benzene rings is 2. The monoisotopic (exact) mass is 425 g/mol. The third kappa shape index (κ3) is 6.72. The maximum atomic E-state index is 12.6. The molecule has 2 rings (SSSR count). The number of hydrazone groups is 1. The van der Waals surface area contributed by atoms with Crippen molar-refractivity contribution in [3.63, 3.8) is 0 Å². The third-order valence-corrected chi connectivity index (χ3v) is 3.56. The van der Waals surface area contributed by atoms with Crippen LogP contribution >= 0.6 is 15.9 Å². The van der Waals surface area contributed by atoms with Gasteiger partial charge in [0.15, 0.2) is 0 Å². The lowest BCUT2D eigenvalue weighted by atomic mass is 10.2. The zero-order chi connectivity index (χ0) is 19.0. The number of hydrogen-bond donors (Lipinski definition) is 2. The molecule has 0 aliphatic rings. The van der Waals surface area contributed by atoms with Crippen molar-refractivity contribution in [2.75, 3.05) is 11.9 Å². The highest BCUT2D eigenvalue weighted by Gasteiger charge is 2.30. The third-order valence-electron chi connectivity index (χ3n) is 3.12. The lowest BCUT2D eigenvalue weighted by Crippen LogP contribution is -2.25. The molecule has 136 valence electrons. The first kappa shape index (κ1) is 19.7. The van der Waals surface area contributed by atoms with Gasteiger partial charge >= 0.3 is 6.18 Å². The number of nitrogens with one attached hydrogen (secondary N) is 2. The molecular formula is C18H15BrF3N3O. The highest BCUT2D eigenvalue weighted by molar-refractivity contribution is 9.12. The molecule has 0 spiro atoms. The van der Waals surface area contributed by atoms with E-state index in [0.717, 1.165) is 17.7 Å². The number of nitrogens with zero attached hydrogens (tertiary/aromatic N) is 1. The van der Waals surface area contributed by atoms with Crippen LogP contribution < -0.4 is 10.7 Å². The highest BCUT2D eigenvalue weighted by Crippen LogP contribution is 2.30. The molecule has 8 heteroatoms. The average Bonchev–Trinajstić information content (AvgIpc) is 2.60. The normalized spacial score (nSPS) is 12.2. The average molecular weight is 426 g/mol. The van der Waals surface area contributed by atoms with Gasteiger partial charge in [-0.15, -0.1) is 0 Å². The first-order chi connectivity index (χ1) is 12.3. The van der Waals surface area contributed by atoms with Crippen molar-refractivity contribution in [3.8, 4) is 0 Å². The van der Waals surface area contributed by atoms with E-state index in [1.807, 2.05) is 36.4 Å². The molecule has 0 fully saturated rings. The Bertz CT molecular complexity index is 805.